The van der Waals surface area contributed by atoms with Crippen LogP contribution in [0.4, 0.5) is 32.0 Å². The number of rotatable bonds is 2. The summed E-state index contributed by atoms with van der Waals surface area (Å²) in [7, 11) is 0. The number of fused-ring (bicyclic) bond motifs is 1. The zero-order chi connectivity index (χ0) is 18.4. The molecule has 0 amide bonds. The van der Waals surface area contributed by atoms with E-state index in [4.69, 9.17) is 0 Å². The molecule has 0 aromatic heterocycles. The third-order valence-electron chi connectivity index (χ3n) is 3.77. The van der Waals surface area contributed by atoms with Crippen molar-refractivity contribution < 1.29 is 31.4 Å². The summed E-state index contributed by atoms with van der Waals surface area (Å²) < 4.78 is 79.8. The van der Waals surface area contributed by atoms with Gasteiger partial charge in [-0.15, -0.1) is 0 Å². The monoisotopic (exact) mass is 360 g/mol. The summed E-state index contributed by atoms with van der Waals surface area (Å²) in [6.45, 7) is -1.68. The van der Waals surface area contributed by atoms with E-state index in [0.717, 1.165) is 36.4 Å². The van der Waals surface area contributed by atoms with Crippen molar-refractivity contribution in [3.05, 3.63) is 65.0 Å². The summed E-state index contributed by atoms with van der Waals surface area (Å²) >= 11 is 0. The van der Waals surface area contributed by atoms with Crippen molar-refractivity contribution in [3.63, 3.8) is 0 Å². The largest absolute Gasteiger partial charge is 0.406 e. The van der Waals surface area contributed by atoms with Gasteiger partial charge in [0.1, 0.15) is 12.4 Å². The zero-order valence-electron chi connectivity index (χ0n) is 12.4. The maximum absolute atomic E-state index is 14.4. The molecule has 2 aromatic carbocycles. The molecule has 0 bridgehead atoms. The van der Waals surface area contributed by atoms with Gasteiger partial charge in [-0.3, -0.25) is 0 Å². The summed E-state index contributed by atoms with van der Waals surface area (Å²) in [5.74, 6) is -3.60. The highest BCUT2D eigenvalue weighted by Gasteiger charge is 2.48. The van der Waals surface area contributed by atoms with Crippen molar-refractivity contribution in [1.82, 2.24) is 4.90 Å². The number of alkyl halides is 3. The van der Waals surface area contributed by atoms with Crippen LogP contribution >= 0.6 is 0 Å². The highest BCUT2D eigenvalue weighted by Crippen LogP contribution is 2.44. The summed E-state index contributed by atoms with van der Waals surface area (Å²) in [5, 5.41) is 11.0. The van der Waals surface area contributed by atoms with Crippen molar-refractivity contribution in [2.24, 2.45) is 4.99 Å². The van der Waals surface area contributed by atoms with Crippen LogP contribution in [0, 0.1) is 17.5 Å². The van der Waals surface area contributed by atoms with Gasteiger partial charge in [-0.2, -0.15) is 13.2 Å². The SMILES string of the molecule is OC1(c2ccc(F)cc2)c2c(ccc(F)c2F)N=CN1CC(F)(F)F. The van der Waals surface area contributed by atoms with Gasteiger partial charge < -0.3 is 10.0 Å². The lowest BCUT2D eigenvalue weighted by molar-refractivity contribution is -0.167. The summed E-state index contributed by atoms with van der Waals surface area (Å²) in [6, 6.07) is 5.54. The van der Waals surface area contributed by atoms with Gasteiger partial charge in [0, 0.05) is 5.56 Å². The van der Waals surface area contributed by atoms with Crippen LogP contribution in [0.2, 0.25) is 0 Å². The van der Waals surface area contributed by atoms with Gasteiger partial charge in [-0.25, -0.2) is 18.2 Å². The van der Waals surface area contributed by atoms with Gasteiger partial charge in [-0.05, 0) is 24.3 Å². The minimum atomic E-state index is -4.76. The van der Waals surface area contributed by atoms with Crippen LogP contribution in [-0.4, -0.2) is 29.1 Å². The Morgan fingerprint density at radius 1 is 1.00 bits per heavy atom. The molecule has 0 radical (unpaired) electrons. The van der Waals surface area contributed by atoms with Crippen molar-refractivity contribution in [3.8, 4) is 0 Å². The lowest BCUT2D eigenvalue weighted by Crippen LogP contribution is -2.52. The van der Waals surface area contributed by atoms with Crippen molar-refractivity contribution in [2.45, 2.75) is 11.9 Å². The van der Waals surface area contributed by atoms with Crippen molar-refractivity contribution in [2.75, 3.05) is 6.54 Å². The number of halogens is 6. The van der Waals surface area contributed by atoms with E-state index in [1.54, 1.807) is 0 Å². The molecule has 1 unspecified atom stereocenters. The fourth-order valence-electron chi connectivity index (χ4n) is 2.68. The Bertz CT molecular complexity index is 834. The van der Waals surface area contributed by atoms with E-state index in [9.17, 15) is 31.4 Å². The third-order valence-corrected chi connectivity index (χ3v) is 3.77. The molecule has 0 saturated carbocycles. The van der Waals surface area contributed by atoms with E-state index in [2.05, 4.69) is 4.99 Å². The molecule has 9 heteroatoms. The molecular weight excluding hydrogens is 350 g/mol. The molecule has 0 spiro atoms. The minimum Gasteiger partial charge on any atom is -0.363 e. The van der Waals surface area contributed by atoms with Crippen molar-refractivity contribution >= 4 is 12.0 Å². The molecule has 1 N–H and O–H groups in total. The predicted molar refractivity (Wildman–Crippen MR) is 76.7 cm³/mol. The second-order valence-electron chi connectivity index (χ2n) is 5.42. The zero-order valence-corrected chi connectivity index (χ0v) is 12.4. The van der Waals surface area contributed by atoms with Crippen LogP contribution in [0.3, 0.4) is 0 Å². The molecular formula is C16H10F6N2O. The first-order valence-electron chi connectivity index (χ1n) is 6.97. The lowest BCUT2D eigenvalue weighted by atomic mass is 9.89. The molecule has 1 aliphatic heterocycles. The van der Waals surface area contributed by atoms with E-state index < -0.39 is 41.5 Å². The van der Waals surface area contributed by atoms with Crippen LogP contribution in [0.15, 0.2) is 41.4 Å². The molecule has 1 atom stereocenters. The van der Waals surface area contributed by atoms with Gasteiger partial charge in [-0.1, -0.05) is 12.1 Å². The van der Waals surface area contributed by atoms with Crippen LogP contribution in [-0.2, 0) is 5.72 Å². The first kappa shape index (κ1) is 17.3. The Balaban J connectivity index is 2.26. The summed E-state index contributed by atoms with van der Waals surface area (Å²) in [4.78, 5) is 3.98. The van der Waals surface area contributed by atoms with E-state index in [-0.39, 0.29) is 11.3 Å². The topological polar surface area (TPSA) is 35.8 Å². The van der Waals surface area contributed by atoms with E-state index >= 15 is 0 Å². The Labute approximate surface area is 137 Å². The molecule has 2 aromatic rings. The predicted octanol–water partition coefficient (Wildman–Crippen LogP) is 3.84. The van der Waals surface area contributed by atoms with E-state index in [0.29, 0.717) is 11.2 Å². The van der Waals surface area contributed by atoms with Gasteiger partial charge in [0.2, 0.25) is 0 Å². The Morgan fingerprint density at radius 2 is 1.64 bits per heavy atom. The number of hydrogen-bond donors (Lipinski definition) is 1. The fourth-order valence-corrected chi connectivity index (χ4v) is 2.68. The van der Waals surface area contributed by atoms with Crippen LogP contribution in [0.5, 0.6) is 0 Å². The highest BCUT2D eigenvalue weighted by atomic mass is 19.4. The van der Waals surface area contributed by atoms with Gasteiger partial charge in [0.25, 0.3) is 0 Å². The second-order valence-corrected chi connectivity index (χ2v) is 5.42. The van der Waals surface area contributed by atoms with Crippen molar-refractivity contribution in [1.29, 1.82) is 0 Å². The van der Waals surface area contributed by atoms with E-state index in [1.807, 2.05) is 0 Å². The Hall–Kier alpha value is -2.55. The van der Waals surface area contributed by atoms with Gasteiger partial charge in [0.15, 0.2) is 17.4 Å². The molecule has 0 aliphatic carbocycles. The average Bonchev–Trinajstić information content (AvgIpc) is 2.53. The average molecular weight is 360 g/mol. The molecule has 3 rings (SSSR count). The van der Waals surface area contributed by atoms with Crippen LogP contribution < -0.4 is 0 Å². The fraction of sp³-hybridized carbons (Fsp3) is 0.188. The number of nitrogens with zero attached hydrogens (tertiary/aromatic N) is 2. The number of benzene rings is 2. The second kappa shape index (κ2) is 5.76. The molecule has 1 heterocycles. The maximum atomic E-state index is 14.4. The summed E-state index contributed by atoms with van der Waals surface area (Å²) in [5.41, 5.74) is -3.99. The molecule has 132 valence electrons. The number of aliphatic hydroxyl groups is 1. The lowest BCUT2D eigenvalue weighted by Gasteiger charge is -2.42. The van der Waals surface area contributed by atoms with Gasteiger partial charge >= 0.3 is 6.18 Å². The molecule has 25 heavy (non-hydrogen) atoms. The molecule has 0 fully saturated rings. The first-order chi connectivity index (χ1) is 11.6. The maximum Gasteiger partial charge on any atom is 0.406 e. The first-order valence-corrected chi connectivity index (χ1v) is 6.97. The summed E-state index contributed by atoms with van der Waals surface area (Å²) in [6.07, 6.45) is -4.07. The normalized spacial score (nSPS) is 19.9. The smallest absolute Gasteiger partial charge is 0.363 e. The Morgan fingerprint density at radius 3 is 2.24 bits per heavy atom. The molecule has 1 aliphatic rings. The number of aliphatic imine (C=N–C) groups is 1. The van der Waals surface area contributed by atoms with Crippen LogP contribution in [0.1, 0.15) is 11.1 Å². The van der Waals surface area contributed by atoms with E-state index in [1.165, 1.54) is 0 Å². The molecule has 0 saturated heterocycles. The Kier molecular flexibility index (Phi) is 3.98. The number of hydrogen-bond acceptors (Lipinski definition) is 3. The molecule has 3 nitrogen and oxygen atoms in total. The van der Waals surface area contributed by atoms with Gasteiger partial charge in [0.05, 0.1) is 17.6 Å². The third kappa shape index (κ3) is 2.95. The quantitative estimate of drug-likeness (QED) is 0.827. The van der Waals surface area contributed by atoms with Crippen LogP contribution in [0.25, 0.3) is 0 Å². The standard InChI is InChI=1S/C16H10F6N2O/c17-10-3-1-9(2-4-10)16(25)13-12(6-5-11(18)14(13)19)23-8-24(16)7-15(20,21)22/h1-6,8,25H,7H2. The minimum absolute atomic E-state index is 0.232. The highest BCUT2D eigenvalue weighted by molar-refractivity contribution is 5.71.